The number of aryl methyl sites for hydroxylation is 1. The lowest BCUT2D eigenvalue weighted by atomic mass is 10.1. The van der Waals surface area contributed by atoms with Crippen molar-refractivity contribution in [1.82, 2.24) is 4.90 Å². The highest BCUT2D eigenvalue weighted by atomic mass is 16.3. The molecule has 1 aromatic carbocycles. The molecule has 0 saturated carbocycles. The Morgan fingerprint density at radius 3 is 2.78 bits per heavy atom. The van der Waals surface area contributed by atoms with Crippen molar-refractivity contribution in [3.8, 4) is 5.75 Å². The van der Waals surface area contributed by atoms with E-state index >= 15 is 0 Å². The summed E-state index contributed by atoms with van der Waals surface area (Å²) in [4.78, 5) is 13.7. The van der Waals surface area contributed by atoms with Crippen molar-refractivity contribution in [2.45, 2.75) is 13.5 Å². The second-order valence-electron chi connectivity index (χ2n) is 4.31. The summed E-state index contributed by atoms with van der Waals surface area (Å²) < 4.78 is 4.95. The Kier molecular flexibility index (Phi) is 3.37. The highest BCUT2D eigenvalue weighted by Crippen LogP contribution is 2.20. The molecule has 1 aromatic heterocycles. The van der Waals surface area contributed by atoms with Crippen LogP contribution in [0.1, 0.15) is 21.5 Å². The first kappa shape index (κ1) is 12.2. The van der Waals surface area contributed by atoms with Crippen LogP contribution in [-0.2, 0) is 6.54 Å². The maximum Gasteiger partial charge on any atom is 0.257 e. The number of benzene rings is 1. The molecule has 0 unspecified atom stereocenters. The first-order chi connectivity index (χ1) is 8.58. The van der Waals surface area contributed by atoms with Gasteiger partial charge in [0.1, 0.15) is 5.75 Å². The van der Waals surface area contributed by atoms with E-state index in [4.69, 9.17) is 4.42 Å². The average molecular weight is 245 g/mol. The van der Waals surface area contributed by atoms with Crippen molar-refractivity contribution in [2.24, 2.45) is 0 Å². The number of carbonyl (C=O) groups is 1. The number of hydrogen-bond donors (Lipinski definition) is 1. The lowest BCUT2D eigenvalue weighted by Crippen LogP contribution is -2.26. The number of phenols is 1. The largest absolute Gasteiger partial charge is 0.507 e. The summed E-state index contributed by atoms with van der Waals surface area (Å²) in [6, 6.07) is 6.83. The van der Waals surface area contributed by atoms with E-state index < -0.39 is 0 Å². The summed E-state index contributed by atoms with van der Waals surface area (Å²) in [6.07, 6.45) is 3.16. The van der Waals surface area contributed by atoms with Crippen molar-refractivity contribution in [3.05, 3.63) is 53.5 Å². The molecule has 4 nitrogen and oxygen atoms in total. The molecule has 0 fully saturated rings. The fourth-order valence-electron chi connectivity index (χ4n) is 1.76. The molecule has 18 heavy (non-hydrogen) atoms. The molecule has 0 aliphatic heterocycles. The highest BCUT2D eigenvalue weighted by molar-refractivity contribution is 5.96. The van der Waals surface area contributed by atoms with Gasteiger partial charge in [-0.15, -0.1) is 0 Å². The van der Waals surface area contributed by atoms with Crippen LogP contribution < -0.4 is 0 Å². The van der Waals surface area contributed by atoms with Gasteiger partial charge in [0.25, 0.3) is 5.91 Å². The van der Waals surface area contributed by atoms with Crippen LogP contribution in [0.3, 0.4) is 0 Å². The van der Waals surface area contributed by atoms with Crippen molar-refractivity contribution in [3.63, 3.8) is 0 Å². The van der Waals surface area contributed by atoms with Crippen molar-refractivity contribution < 1.29 is 14.3 Å². The van der Waals surface area contributed by atoms with Gasteiger partial charge in [-0.25, -0.2) is 0 Å². The molecule has 4 heteroatoms. The topological polar surface area (TPSA) is 53.7 Å². The molecule has 2 aromatic rings. The quantitative estimate of drug-likeness (QED) is 0.904. The first-order valence-electron chi connectivity index (χ1n) is 5.64. The molecule has 0 atom stereocenters. The molecule has 94 valence electrons. The van der Waals surface area contributed by atoms with Crippen LogP contribution in [0.2, 0.25) is 0 Å². The molecule has 0 saturated heterocycles. The molecule has 0 aliphatic carbocycles. The molecule has 1 amide bonds. The average Bonchev–Trinajstić information content (AvgIpc) is 2.81. The third-order valence-corrected chi connectivity index (χ3v) is 2.73. The molecule has 1 heterocycles. The van der Waals surface area contributed by atoms with Gasteiger partial charge in [-0.3, -0.25) is 4.79 Å². The minimum absolute atomic E-state index is 0.0130. The standard InChI is InChI=1S/C14H15NO3/c1-10-3-4-12(13(16)7-10)14(17)15(2)8-11-5-6-18-9-11/h3-7,9,16H,8H2,1-2H3. The van der Waals surface area contributed by atoms with E-state index in [0.29, 0.717) is 12.1 Å². The van der Waals surface area contributed by atoms with Crippen LogP contribution >= 0.6 is 0 Å². The van der Waals surface area contributed by atoms with E-state index in [0.717, 1.165) is 11.1 Å². The lowest BCUT2D eigenvalue weighted by Gasteiger charge is -2.17. The summed E-state index contributed by atoms with van der Waals surface area (Å²) in [5.41, 5.74) is 2.14. The van der Waals surface area contributed by atoms with Crippen LogP contribution in [0.15, 0.2) is 41.2 Å². The Bertz CT molecular complexity index is 546. The van der Waals surface area contributed by atoms with Gasteiger partial charge >= 0.3 is 0 Å². The number of aromatic hydroxyl groups is 1. The van der Waals surface area contributed by atoms with E-state index in [1.807, 2.05) is 6.92 Å². The monoisotopic (exact) mass is 245 g/mol. The minimum atomic E-state index is -0.214. The zero-order chi connectivity index (χ0) is 13.1. The van der Waals surface area contributed by atoms with Gasteiger partial charge in [0, 0.05) is 19.2 Å². The Labute approximate surface area is 105 Å². The number of furan rings is 1. The van der Waals surface area contributed by atoms with Gasteiger partial charge in [0.2, 0.25) is 0 Å². The summed E-state index contributed by atoms with van der Waals surface area (Å²) >= 11 is 0. The SMILES string of the molecule is Cc1ccc(C(=O)N(C)Cc2ccoc2)c(O)c1. The second kappa shape index (κ2) is 4.96. The van der Waals surface area contributed by atoms with E-state index in [-0.39, 0.29) is 11.7 Å². The molecule has 1 N–H and O–H groups in total. The number of carbonyl (C=O) groups excluding carboxylic acids is 1. The van der Waals surface area contributed by atoms with E-state index in [1.54, 1.807) is 43.8 Å². The van der Waals surface area contributed by atoms with Crippen LogP contribution in [0, 0.1) is 6.92 Å². The van der Waals surface area contributed by atoms with E-state index in [9.17, 15) is 9.90 Å². The molecule has 0 spiro atoms. The fraction of sp³-hybridized carbons (Fsp3) is 0.214. The van der Waals surface area contributed by atoms with Gasteiger partial charge < -0.3 is 14.4 Å². The minimum Gasteiger partial charge on any atom is -0.507 e. The Hall–Kier alpha value is -2.23. The zero-order valence-electron chi connectivity index (χ0n) is 10.4. The van der Waals surface area contributed by atoms with Gasteiger partial charge in [0.15, 0.2) is 0 Å². The third-order valence-electron chi connectivity index (χ3n) is 2.73. The fourth-order valence-corrected chi connectivity index (χ4v) is 1.76. The Morgan fingerprint density at radius 1 is 1.39 bits per heavy atom. The van der Waals surface area contributed by atoms with Crippen LogP contribution in [0.25, 0.3) is 0 Å². The molecule has 2 rings (SSSR count). The van der Waals surface area contributed by atoms with Crippen LogP contribution in [0.4, 0.5) is 0 Å². The number of nitrogens with zero attached hydrogens (tertiary/aromatic N) is 1. The van der Waals surface area contributed by atoms with Gasteiger partial charge in [0.05, 0.1) is 18.1 Å². The van der Waals surface area contributed by atoms with E-state index in [2.05, 4.69) is 0 Å². The number of amides is 1. The maximum absolute atomic E-state index is 12.1. The third kappa shape index (κ3) is 2.53. The van der Waals surface area contributed by atoms with Gasteiger partial charge in [-0.1, -0.05) is 6.07 Å². The van der Waals surface area contributed by atoms with Crippen molar-refractivity contribution >= 4 is 5.91 Å². The summed E-state index contributed by atoms with van der Waals surface area (Å²) in [5, 5.41) is 9.77. The number of rotatable bonds is 3. The smallest absolute Gasteiger partial charge is 0.257 e. The molecule has 0 aliphatic rings. The molecular formula is C14H15NO3. The van der Waals surface area contributed by atoms with Crippen LogP contribution in [0.5, 0.6) is 5.75 Å². The maximum atomic E-state index is 12.1. The summed E-state index contributed by atoms with van der Waals surface area (Å²) in [7, 11) is 1.69. The first-order valence-corrected chi connectivity index (χ1v) is 5.64. The highest BCUT2D eigenvalue weighted by Gasteiger charge is 2.16. The van der Waals surface area contributed by atoms with Gasteiger partial charge in [-0.05, 0) is 30.7 Å². The van der Waals surface area contributed by atoms with Crippen molar-refractivity contribution in [2.75, 3.05) is 7.05 Å². The Balaban J connectivity index is 2.15. The normalized spacial score (nSPS) is 10.3. The summed E-state index contributed by atoms with van der Waals surface area (Å²) in [5.74, 6) is -0.201. The molecule has 0 bridgehead atoms. The van der Waals surface area contributed by atoms with Crippen LogP contribution in [-0.4, -0.2) is 23.0 Å². The zero-order valence-corrected chi connectivity index (χ0v) is 10.4. The number of phenolic OH excluding ortho intramolecular Hbond substituents is 1. The predicted octanol–water partition coefficient (Wildman–Crippen LogP) is 2.57. The Morgan fingerprint density at radius 2 is 2.17 bits per heavy atom. The summed E-state index contributed by atoms with van der Waals surface area (Å²) in [6.45, 7) is 2.31. The molecular weight excluding hydrogens is 230 g/mol. The van der Waals surface area contributed by atoms with Gasteiger partial charge in [-0.2, -0.15) is 0 Å². The van der Waals surface area contributed by atoms with Crippen molar-refractivity contribution in [1.29, 1.82) is 0 Å². The second-order valence-corrected chi connectivity index (χ2v) is 4.31. The van der Waals surface area contributed by atoms with E-state index in [1.165, 1.54) is 4.90 Å². The molecule has 0 radical (unpaired) electrons. The predicted molar refractivity (Wildman–Crippen MR) is 67.3 cm³/mol. The lowest BCUT2D eigenvalue weighted by molar-refractivity contribution is 0.0782. The number of hydrogen-bond acceptors (Lipinski definition) is 3.